The van der Waals surface area contributed by atoms with Gasteiger partial charge in [0.25, 0.3) is 5.91 Å². The number of fused-ring (bicyclic) bond motifs is 1. The number of hydrogen-bond acceptors (Lipinski definition) is 4. The smallest absolute Gasteiger partial charge is 0.260 e. The van der Waals surface area contributed by atoms with Crippen molar-refractivity contribution in [2.24, 2.45) is 0 Å². The van der Waals surface area contributed by atoms with Gasteiger partial charge in [0.15, 0.2) is 6.10 Å². The van der Waals surface area contributed by atoms with Crippen molar-refractivity contribution in [1.29, 1.82) is 0 Å². The predicted octanol–water partition coefficient (Wildman–Crippen LogP) is 2.02. The van der Waals surface area contributed by atoms with E-state index in [2.05, 4.69) is 17.6 Å². The quantitative estimate of drug-likeness (QED) is 0.807. The number of carbonyl (C=O) groups is 1. The highest BCUT2D eigenvalue weighted by molar-refractivity contribution is 5.80. The van der Waals surface area contributed by atoms with Crippen LogP contribution in [0.3, 0.4) is 0 Å². The third kappa shape index (κ3) is 3.88. The zero-order valence-corrected chi connectivity index (χ0v) is 12.9. The van der Waals surface area contributed by atoms with Gasteiger partial charge < -0.3 is 20.1 Å². The lowest BCUT2D eigenvalue weighted by atomic mass is 10.1. The van der Waals surface area contributed by atoms with E-state index < -0.39 is 6.10 Å². The van der Waals surface area contributed by atoms with Crippen LogP contribution >= 0.6 is 0 Å². The van der Waals surface area contributed by atoms with E-state index in [-0.39, 0.29) is 11.9 Å². The first-order valence-corrected chi connectivity index (χ1v) is 7.60. The maximum absolute atomic E-state index is 11.7. The Morgan fingerprint density at radius 2 is 2.29 bits per heavy atom. The molecule has 5 nitrogen and oxygen atoms in total. The van der Waals surface area contributed by atoms with Crippen molar-refractivity contribution >= 4 is 5.91 Å². The predicted molar refractivity (Wildman–Crippen MR) is 81.7 cm³/mol. The number of nitrogens with one attached hydrogen (secondary N) is 2. The summed E-state index contributed by atoms with van der Waals surface area (Å²) in [7, 11) is 0. The number of amides is 1. The molecular weight excluding hydrogens is 268 g/mol. The summed E-state index contributed by atoms with van der Waals surface area (Å²) in [6, 6.07) is 6.01. The van der Waals surface area contributed by atoms with Gasteiger partial charge in [0.2, 0.25) is 0 Å². The van der Waals surface area contributed by atoms with Gasteiger partial charge in [-0.25, -0.2) is 0 Å². The minimum Gasteiger partial charge on any atom is -0.491 e. The molecule has 1 aromatic carbocycles. The number of hydrogen-bond donors (Lipinski definition) is 2. The van der Waals surface area contributed by atoms with Gasteiger partial charge in [-0.05, 0) is 38.9 Å². The van der Waals surface area contributed by atoms with Crippen LogP contribution in [-0.2, 0) is 4.79 Å². The summed E-state index contributed by atoms with van der Waals surface area (Å²) in [5.41, 5.74) is 1.15. The second-order valence-electron chi connectivity index (χ2n) is 5.17. The second kappa shape index (κ2) is 7.31. The Hall–Kier alpha value is -1.75. The molecule has 1 amide bonds. The van der Waals surface area contributed by atoms with Crippen LogP contribution in [-0.4, -0.2) is 31.7 Å². The van der Waals surface area contributed by atoms with Crippen LogP contribution in [0, 0.1) is 0 Å². The molecule has 0 spiro atoms. The van der Waals surface area contributed by atoms with E-state index in [1.165, 1.54) is 0 Å². The van der Waals surface area contributed by atoms with E-state index in [0.717, 1.165) is 24.3 Å². The molecule has 0 radical (unpaired) electrons. The van der Waals surface area contributed by atoms with Gasteiger partial charge in [-0.3, -0.25) is 4.79 Å². The van der Waals surface area contributed by atoms with Crippen molar-refractivity contribution in [3.8, 4) is 11.5 Å². The molecule has 5 heteroatoms. The van der Waals surface area contributed by atoms with Crippen LogP contribution in [0.5, 0.6) is 11.5 Å². The van der Waals surface area contributed by atoms with Crippen molar-refractivity contribution in [3.63, 3.8) is 0 Å². The summed E-state index contributed by atoms with van der Waals surface area (Å²) in [5, 5.41) is 6.20. The van der Waals surface area contributed by atoms with Crippen LogP contribution in [0.15, 0.2) is 18.2 Å². The molecule has 0 bridgehead atoms. The molecule has 1 aliphatic rings. The maximum Gasteiger partial charge on any atom is 0.260 e. The molecule has 0 aliphatic carbocycles. The zero-order valence-electron chi connectivity index (χ0n) is 12.9. The third-order valence-corrected chi connectivity index (χ3v) is 3.44. The molecule has 1 aromatic rings. The Labute approximate surface area is 126 Å². The highest BCUT2D eigenvalue weighted by Gasteiger charge is 2.24. The molecule has 0 saturated carbocycles. The van der Waals surface area contributed by atoms with E-state index in [0.29, 0.717) is 18.9 Å². The molecule has 1 aliphatic heterocycles. The molecule has 1 heterocycles. The molecule has 2 rings (SSSR count). The first-order valence-electron chi connectivity index (χ1n) is 7.60. The molecule has 116 valence electrons. The molecular formula is C16H24N2O3. The van der Waals surface area contributed by atoms with Crippen molar-refractivity contribution in [2.45, 2.75) is 39.3 Å². The van der Waals surface area contributed by atoms with Crippen molar-refractivity contribution in [1.82, 2.24) is 10.6 Å². The fourth-order valence-corrected chi connectivity index (χ4v) is 2.33. The van der Waals surface area contributed by atoms with Crippen molar-refractivity contribution in [2.75, 3.05) is 19.7 Å². The Balaban J connectivity index is 2.00. The van der Waals surface area contributed by atoms with E-state index in [9.17, 15) is 4.79 Å². The summed E-state index contributed by atoms with van der Waals surface area (Å²) in [6.45, 7) is 7.99. The molecule has 0 saturated heterocycles. The maximum atomic E-state index is 11.7. The van der Waals surface area contributed by atoms with Crippen molar-refractivity contribution < 1.29 is 14.3 Å². The summed E-state index contributed by atoms with van der Waals surface area (Å²) < 4.78 is 11.4. The van der Waals surface area contributed by atoms with Gasteiger partial charge in [0, 0.05) is 18.2 Å². The molecule has 2 N–H and O–H groups in total. The normalized spacial score (nSPS) is 17.8. The van der Waals surface area contributed by atoms with Crippen LogP contribution in [0.25, 0.3) is 0 Å². The zero-order chi connectivity index (χ0) is 15.2. The fourth-order valence-electron chi connectivity index (χ4n) is 2.33. The summed E-state index contributed by atoms with van der Waals surface area (Å²) in [4.78, 5) is 11.7. The number of carbonyl (C=O) groups excluding carboxylic acids is 1. The topological polar surface area (TPSA) is 59.6 Å². The van der Waals surface area contributed by atoms with Crippen LogP contribution in [0.1, 0.15) is 38.8 Å². The number of rotatable bonds is 7. The van der Waals surface area contributed by atoms with Gasteiger partial charge in [-0.1, -0.05) is 6.92 Å². The first-order chi connectivity index (χ1) is 10.2. The summed E-state index contributed by atoms with van der Waals surface area (Å²) in [5.74, 6) is 1.38. The van der Waals surface area contributed by atoms with E-state index in [1.54, 1.807) is 6.92 Å². The summed E-state index contributed by atoms with van der Waals surface area (Å²) in [6.07, 6.45) is 0.579. The van der Waals surface area contributed by atoms with Gasteiger partial charge >= 0.3 is 0 Å². The van der Waals surface area contributed by atoms with Crippen molar-refractivity contribution in [3.05, 3.63) is 23.8 Å². The average Bonchev–Trinajstić information content (AvgIpc) is 2.87. The van der Waals surface area contributed by atoms with Crippen LogP contribution in [0.2, 0.25) is 0 Å². The molecule has 2 unspecified atom stereocenters. The Bertz CT molecular complexity index is 490. The molecule has 0 fully saturated rings. The van der Waals surface area contributed by atoms with E-state index in [1.807, 2.05) is 25.1 Å². The van der Waals surface area contributed by atoms with Gasteiger partial charge in [-0.2, -0.15) is 0 Å². The van der Waals surface area contributed by atoms with Gasteiger partial charge in [0.05, 0.1) is 6.04 Å². The highest BCUT2D eigenvalue weighted by atomic mass is 16.5. The lowest BCUT2D eigenvalue weighted by molar-refractivity contribution is -0.127. The lowest BCUT2D eigenvalue weighted by Gasteiger charge is -2.15. The standard InChI is InChI=1S/C16H24N2O3/c1-4-8-18-14-10-20-15-9-12(6-7-13(14)15)21-11(3)16(19)17-5-2/h6-7,9,11,14,18H,4-5,8,10H2,1-3H3,(H,17,19). The molecule has 0 aromatic heterocycles. The SMILES string of the molecule is CCCNC1COc2cc(OC(C)C(=O)NCC)ccc21. The minimum absolute atomic E-state index is 0.110. The third-order valence-electron chi connectivity index (χ3n) is 3.44. The number of benzene rings is 1. The highest BCUT2D eigenvalue weighted by Crippen LogP contribution is 2.35. The van der Waals surface area contributed by atoms with Gasteiger partial charge in [-0.15, -0.1) is 0 Å². The van der Waals surface area contributed by atoms with Gasteiger partial charge in [0.1, 0.15) is 18.1 Å². The second-order valence-corrected chi connectivity index (χ2v) is 5.17. The van der Waals surface area contributed by atoms with Crippen LogP contribution in [0.4, 0.5) is 0 Å². The van der Waals surface area contributed by atoms with E-state index in [4.69, 9.17) is 9.47 Å². The number of likely N-dealkylation sites (N-methyl/N-ethyl adjacent to an activating group) is 1. The fraction of sp³-hybridized carbons (Fsp3) is 0.562. The molecule has 21 heavy (non-hydrogen) atoms. The Morgan fingerprint density at radius 3 is 3.00 bits per heavy atom. The average molecular weight is 292 g/mol. The van der Waals surface area contributed by atoms with Crippen LogP contribution < -0.4 is 20.1 Å². The first kappa shape index (κ1) is 15.6. The number of ether oxygens (including phenoxy) is 2. The minimum atomic E-state index is -0.515. The van der Waals surface area contributed by atoms with E-state index >= 15 is 0 Å². The largest absolute Gasteiger partial charge is 0.491 e. The summed E-state index contributed by atoms with van der Waals surface area (Å²) >= 11 is 0. The molecule has 2 atom stereocenters. The lowest BCUT2D eigenvalue weighted by Crippen LogP contribution is -2.36. The Kier molecular flexibility index (Phi) is 5.44. The Morgan fingerprint density at radius 1 is 1.48 bits per heavy atom. The monoisotopic (exact) mass is 292 g/mol.